The lowest BCUT2D eigenvalue weighted by Gasteiger charge is -2.23. The molecule has 0 bridgehead atoms. The second-order valence-electron chi connectivity index (χ2n) is 5.44. The molecule has 0 aliphatic carbocycles. The molecule has 0 saturated heterocycles. The van der Waals surface area contributed by atoms with Crippen LogP contribution in [0.3, 0.4) is 0 Å². The molecule has 25 heavy (non-hydrogen) atoms. The SMILES string of the molecule is CCN(CC)c1ccc(C=Nc2cccc(-c3nn[nH]n3)c2)c([O-])c1. The number of benzene rings is 2. The van der Waals surface area contributed by atoms with E-state index in [-0.39, 0.29) is 5.75 Å². The highest BCUT2D eigenvalue weighted by molar-refractivity contribution is 5.86. The predicted octanol–water partition coefficient (Wildman–Crippen LogP) is 2.54. The standard InChI is InChI=1S/C18H20N6O/c1-3-24(4-2)16-9-8-14(17(25)11-16)12-19-15-7-5-6-13(10-15)18-20-22-23-21-18/h5-12,25H,3-4H2,1-2H3,(H,20,21,22,23)/p-1. The molecule has 0 spiro atoms. The van der Waals surface area contributed by atoms with E-state index in [2.05, 4.69) is 44.4 Å². The zero-order valence-electron chi connectivity index (χ0n) is 14.2. The van der Waals surface area contributed by atoms with Crippen LogP contribution in [-0.2, 0) is 0 Å². The van der Waals surface area contributed by atoms with Crippen LogP contribution < -0.4 is 10.0 Å². The fourth-order valence-electron chi connectivity index (χ4n) is 2.57. The summed E-state index contributed by atoms with van der Waals surface area (Å²) in [5.41, 5.74) is 3.02. The van der Waals surface area contributed by atoms with Crippen molar-refractivity contribution in [3.8, 4) is 17.1 Å². The van der Waals surface area contributed by atoms with Gasteiger partial charge in [0, 0.05) is 30.6 Å². The van der Waals surface area contributed by atoms with Crippen LogP contribution in [0, 0.1) is 0 Å². The normalized spacial score (nSPS) is 11.1. The Labute approximate surface area is 146 Å². The Kier molecular flexibility index (Phi) is 5.03. The fraction of sp³-hybridized carbons (Fsp3) is 0.222. The zero-order chi connectivity index (χ0) is 17.6. The number of hydrogen-bond donors (Lipinski definition) is 1. The molecule has 0 aliphatic heterocycles. The van der Waals surface area contributed by atoms with Crippen LogP contribution in [0.2, 0.25) is 0 Å². The first-order valence-corrected chi connectivity index (χ1v) is 8.15. The summed E-state index contributed by atoms with van der Waals surface area (Å²) in [5, 5.41) is 26.2. The molecule has 2 aromatic carbocycles. The van der Waals surface area contributed by atoms with Crippen molar-refractivity contribution in [1.29, 1.82) is 0 Å². The Morgan fingerprint density at radius 3 is 2.68 bits per heavy atom. The van der Waals surface area contributed by atoms with Gasteiger partial charge in [0.25, 0.3) is 0 Å². The molecular formula is C18H19N6O-. The summed E-state index contributed by atoms with van der Waals surface area (Å²) in [5.74, 6) is 0.465. The Morgan fingerprint density at radius 1 is 1.16 bits per heavy atom. The van der Waals surface area contributed by atoms with E-state index in [0.29, 0.717) is 11.4 Å². The molecule has 1 aromatic heterocycles. The maximum Gasteiger partial charge on any atom is 0.204 e. The molecule has 0 aliphatic rings. The lowest BCUT2D eigenvalue weighted by Crippen LogP contribution is -2.21. The van der Waals surface area contributed by atoms with Crippen molar-refractivity contribution in [2.24, 2.45) is 4.99 Å². The number of nitrogens with one attached hydrogen (secondary N) is 1. The molecule has 3 rings (SSSR count). The van der Waals surface area contributed by atoms with E-state index < -0.39 is 0 Å². The topological polar surface area (TPSA) is 93.1 Å². The zero-order valence-corrected chi connectivity index (χ0v) is 14.2. The summed E-state index contributed by atoms with van der Waals surface area (Å²) in [6.07, 6.45) is 1.59. The van der Waals surface area contributed by atoms with Gasteiger partial charge < -0.3 is 10.0 Å². The summed E-state index contributed by atoms with van der Waals surface area (Å²) in [6.45, 7) is 5.87. The number of hydrogen-bond acceptors (Lipinski definition) is 6. The van der Waals surface area contributed by atoms with E-state index in [1.807, 2.05) is 36.4 Å². The highest BCUT2D eigenvalue weighted by Gasteiger charge is 2.04. The van der Waals surface area contributed by atoms with E-state index in [1.54, 1.807) is 12.3 Å². The van der Waals surface area contributed by atoms with Gasteiger partial charge in [0.05, 0.1) is 5.69 Å². The number of aromatic amines is 1. The molecular weight excluding hydrogens is 316 g/mol. The third kappa shape index (κ3) is 3.82. The van der Waals surface area contributed by atoms with Crippen molar-refractivity contribution in [3.05, 3.63) is 48.0 Å². The maximum absolute atomic E-state index is 12.3. The van der Waals surface area contributed by atoms with Gasteiger partial charge in [0.15, 0.2) is 0 Å². The average molecular weight is 335 g/mol. The van der Waals surface area contributed by atoms with Crippen LogP contribution in [0.5, 0.6) is 5.75 Å². The second kappa shape index (κ2) is 7.57. The van der Waals surface area contributed by atoms with Gasteiger partial charge in [-0.25, -0.2) is 0 Å². The molecule has 0 radical (unpaired) electrons. The minimum atomic E-state index is -0.0394. The highest BCUT2D eigenvalue weighted by atomic mass is 16.3. The molecule has 3 aromatic rings. The van der Waals surface area contributed by atoms with Gasteiger partial charge in [0.1, 0.15) is 0 Å². The van der Waals surface area contributed by atoms with Crippen LogP contribution in [0.25, 0.3) is 11.4 Å². The van der Waals surface area contributed by atoms with Gasteiger partial charge >= 0.3 is 0 Å². The molecule has 0 atom stereocenters. The Morgan fingerprint density at radius 2 is 2.00 bits per heavy atom. The highest BCUT2D eigenvalue weighted by Crippen LogP contribution is 2.24. The molecule has 0 saturated carbocycles. The van der Waals surface area contributed by atoms with E-state index in [1.165, 1.54) is 0 Å². The fourth-order valence-corrected chi connectivity index (χ4v) is 2.57. The molecule has 0 unspecified atom stereocenters. The summed E-state index contributed by atoms with van der Waals surface area (Å²) < 4.78 is 0. The summed E-state index contributed by atoms with van der Waals surface area (Å²) in [6, 6.07) is 12.9. The van der Waals surface area contributed by atoms with Gasteiger partial charge in [-0.1, -0.05) is 23.9 Å². The molecule has 0 amide bonds. The summed E-state index contributed by atoms with van der Waals surface area (Å²) in [7, 11) is 0. The van der Waals surface area contributed by atoms with E-state index >= 15 is 0 Å². The number of anilines is 1. The maximum atomic E-state index is 12.3. The van der Waals surface area contributed by atoms with Crippen LogP contribution in [-0.4, -0.2) is 39.9 Å². The van der Waals surface area contributed by atoms with Crippen molar-refractivity contribution in [1.82, 2.24) is 20.6 Å². The van der Waals surface area contributed by atoms with E-state index in [9.17, 15) is 5.11 Å². The number of rotatable bonds is 6. The van der Waals surface area contributed by atoms with Crippen molar-refractivity contribution in [2.75, 3.05) is 18.0 Å². The second-order valence-corrected chi connectivity index (χ2v) is 5.44. The first kappa shape index (κ1) is 16.6. The Balaban J connectivity index is 1.81. The van der Waals surface area contributed by atoms with Crippen molar-refractivity contribution >= 4 is 17.6 Å². The van der Waals surface area contributed by atoms with Crippen molar-refractivity contribution in [3.63, 3.8) is 0 Å². The van der Waals surface area contributed by atoms with Crippen molar-refractivity contribution < 1.29 is 5.11 Å². The van der Waals surface area contributed by atoms with Crippen LogP contribution in [0.1, 0.15) is 19.4 Å². The number of aliphatic imine (C=N–C) groups is 1. The Bertz CT molecular complexity index is 856. The molecule has 1 N–H and O–H groups in total. The average Bonchev–Trinajstić information content (AvgIpc) is 3.17. The quantitative estimate of drug-likeness (QED) is 0.699. The third-order valence-electron chi connectivity index (χ3n) is 3.93. The van der Waals surface area contributed by atoms with Gasteiger partial charge in [-0.2, -0.15) is 5.21 Å². The minimum Gasteiger partial charge on any atom is -0.872 e. The number of H-pyrrole nitrogens is 1. The minimum absolute atomic E-state index is 0.0394. The van der Waals surface area contributed by atoms with Crippen LogP contribution >= 0.6 is 0 Å². The number of nitrogens with zero attached hydrogens (tertiary/aromatic N) is 5. The van der Waals surface area contributed by atoms with E-state index in [4.69, 9.17) is 0 Å². The lowest BCUT2D eigenvalue weighted by molar-refractivity contribution is -0.268. The molecule has 0 fully saturated rings. The molecule has 128 valence electrons. The third-order valence-corrected chi connectivity index (χ3v) is 3.93. The van der Waals surface area contributed by atoms with Gasteiger partial charge in [-0.05, 0) is 48.9 Å². The van der Waals surface area contributed by atoms with E-state index in [0.717, 1.165) is 30.0 Å². The predicted molar refractivity (Wildman–Crippen MR) is 96.3 cm³/mol. The van der Waals surface area contributed by atoms with Gasteiger partial charge in [0.2, 0.25) is 5.82 Å². The molecule has 7 heteroatoms. The van der Waals surface area contributed by atoms with Gasteiger partial charge in [-0.15, -0.1) is 10.2 Å². The largest absolute Gasteiger partial charge is 0.872 e. The first-order valence-electron chi connectivity index (χ1n) is 8.15. The summed E-state index contributed by atoms with van der Waals surface area (Å²) >= 11 is 0. The van der Waals surface area contributed by atoms with Crippen LogP contribution in [0.4, 0.5) is 11.4 Å². The number of aromatic nitrogens is 4. The van der Waals surface area contributed by atoms with Gasteiger partial charge in [-0.3, -0.25) is 4.99 Å². The smallest absolute Gasteiger partial charge is 0.204 e. The van der Waals surface area contributed by atoms with Crippen molar-refractivity contribution in [2.45, 2.75) is 13.8 Å². The number of tetrazole rings is 1. The summed E-state index contributed by atoms with van der Waals surface area (Å²) in [4.78, 5) is 6.53. The molecule has 7 nitrogen and oxygen atoms in total. The first-order chi connectivity index (χ1) is 12.2. The molecule has 1 heterocycles. The van der Waals surface area contributed by atoms with Crippen LogP contribution in [0.15, 0.2) is 47.5 Å². The monoisotopic (exact) mass is 335 g/mol. The Hall–Kier alpha value is -3.22. The lowest BCUT2D eigenvalue weighted by atomic mass is 10.1.